The van der Waals surface area contributed by atoms with Crippen LogP contribution in [0.5, 0.6) is 0 Å². The Labute approximate surface area is 275 Å². The van der Waals surface area contributed by atoms with E-state index in [1.807, 2.05) is 0 Å². The standard InChI is InChI=1S/C34H42N4.I3/c1-9-13-25-21(7)28-15-27-19(5)23(11-3)31(35-27)16-29-20(6)24(12-4)32(36-29)17-30-22(8)26(14-10-2)34(38-30)18-33(25)37-28;1-3-2/h15-18,36-37H,9-14H2,1-8H3;/q;-1. The molecule has 0 atom stereocenters. The van der Waals surface area contributed by atoms with E-state index in [0.717, 1.165) is 77.9 Å². The van der Waals surface area contributed by atoms with Gasteiger partial charge in [0, 0.05) is 22.1 Å². The summed E-state index contributed by atoms with van der Waals surface area (Å²) in [6, 6.07) is 9.07. The van der Waals surface area contributed by atoms with Crippen LogP contribution in [0.25, 0.3) is 44.4 Å². The van der Waals surface area contributed by atoms with Gasteiger partial charge in [0.05, 0.1) is 22.8 Å². The molecule has 3 aromatic rings. The van der Waals surface area contributed by atoms with Gasteiger partial charge in [0.15, 0.2) is 0 Å². The van der Waals surface area contributed by atoms with Crippen LogP contribution in [0.4, 0.5) is 0 Å². The minimum atomic E-state index is 0.530. The monoisotopic (exact) mass is 887 g/mol. The average molecular weight is 887 g/mol. The van der Waals surface area contributed by atoms with Crippen molar-refractivity contribution in [1.82, 2.24) is 19.9 Å². The molecule has 3 aromatic heterocycles. The molecule has 0 aliphatic carbocycles. The zero-order valence-electron chi connectivity index (χ0n) is 25.6. The number of hydrogen-bond donors (Lipinski definition) is 2. The fourth-order valence-electron chi connectivity index (χ4n) is 6.25. The molecule has 5 rings (SSSR count). The first kappa shape index (κ1) is 32.7. The van der Waals surface area contributed by atoms with Crippen LogP contribution in [0.3, 0.4) is 0 Å². The van der Waals surface area contributed by atoms with Crippen molar-refractivity contribution >= 4 is 81.6 Å². The Balaban J connectivity index is 0.00000124. The summed E-state index contributed by atoms with van der Waals surface area (Å²) in [5, 5.41) is 0. The summed E-state index contributed by atoms with van der Waals surface area (Å²) in [5.74, 6) is 0. The van der Waals surface area contributed by atoms with Gasteiger partial charge in [0.25, 0.3) is 0 Å². The zero-order chi connectivity index (χ0) is 29.8. The second-order valence-electron chi connectivity index (χ2n) is 10.9. The Kier molecular flexibility index (Phi) is 11.6. The molecule has 8 bridgehead atoms. The van der Waals surface area contributed by atoms with Gasteiger partial charge in [-0.05, 0) is 122 Å². The summed E-state index contributed by atoms with van der Waals surface area (Å²) in [7, 11) is 0. The van der Waals surface area contributed by atoms with Crippen molar-refractivity contribution in [2.45, 2.75) is 93.9 Å². The van der Waals surface area contributed by atoms with E-state index in [9.17, 15) is 0 Å². The molecule has 0 radical (unpaired) electrons. The molecule has 0 saturated heterocycles. The Hall–Kier alpha value is -1.21. The maximum absolute atomic E-state index is 5.23. The Morgan fingerprint density at radius 3 is 1.56 bits per heavy atom. The molecule has 2 aliphatic heterocycles. The van der Waals surface area contributed by atoms with Crippen LogP contribution >= 0.6 is 37.2 Å². The van der Waals surface area contributed by atoms with Crippen LogP contribution in [0.2, 0.25) is 0 Å². The van der Waals surface area contributed by atoms with Gasteiger partial charge in [-0.15, -0.1) is 0 Å². The third kappa shape index (κ3) is 6.66. The quantitative estimate of drug-likeness (QED) is 0.245. The predicted octanol–water partition coefficient (Wildman–Crippen LogP) is 8.29. The molecule has 41 heavy (non-hydrogen) atoms. The van der Waals surface area contributed by atoms with E-state index in [1.54, 1.807) is 0 Å². The zero-order valence-corrected chi connectivity index (χ0v) is 32.1. The molecule has 7 heteroatoms. The van der Waals surface area contributed by atoms with Gasteiger partial charge >= 0.3 is 50.5 Å². The first-order chi connectivity index (χ1) is 19.7. The number of allylic oxidation sites excluding steroid dienone is 4. The van der Waals surface area contributed by atoms with Gasteiger partial charge in [-0.2, -0.15) is 0 Å². The summed E-state index contributed by atoms with van der Waals surface area (Å²) < 4.78 is 0. The van der Waals surface area contributed by atoms with Crippen molar-refractivity contribution in [3.8, 4) is 0 Å². The van der Waals surface area contributed by atoms with Gasteiger partial charge in [-0.1, -0.05) is 40.5 Å². The number of nitrogens with zero attached hydrogens (tertiary/aromatic N) is 2. The fourth-order valence-corrected chi connectivity index (χ4v) is 6.25. The number of aromatic nitrogens is 4. The molecular formula is C34H42I3N4-. The maximum atomic E-state index is 5.23. The van der Waals surface area contributed by atoms with E-state index < -0.39 is 0 Å². The Morgan fingerprint density at radius 2 is 1.02 bits per heavy atom. The third-order valence-electron chi connectivity index (χ3n) is 8.51. The van der Waals surface area contributed by atoms with Crippen LogP contribution in [0.15, 0.2) is 24.3 Å². The predicted molar refractivity (Wildman–Crippen MR) is 192 cm³/mol. The van der Waals surface area contributed by atoms with Gasteiger partial charge in [-0.25, -0.2) is 9.97 Å². The van der Waals surface area contributed by atoms with E-state index in [2.05, 4.69) is 127 Å². The molecule has 0 fully saturated rings. The SMILES string of the molecule is CCCC1=C(C)c2cc3[nH]c(cc4nc(cc5[nH]c(cc1n2)c(CCC)c5C)C(C)=C4CC)c(C)c3CC.I[I-]I. The molecule has 0 unspecified atom stereocenters. The van der Waals surface area contributed by atoms with Crippen molar-refractivity contribution in [2.75, 3.05) is 0 Å². The molecule has 0 amide bonds. The van der Waals surface area contributed by atoms with Crippen molar-refractivity contribution < 1.29 is 13.3 Å². The van der Waals surface area contributed by atoms with Gasteiger partial charge < -0.3 is 9.97 Å². The molecule has 0 spiro atoms. The number of fused-ring (bicyclic) bond motifs is 8. The molecule has 2 aliphatic rings. The molecule has 0 saturated carbocycles. The number of aryl methyl sites for hydroxylation is 4. The summed E-state index contributed by atoms with van der Waals surface area (Å²) in [4.78, 5) is 17.9. The molecule has 5 heterocycles. The summed E-state index contributed by atoms with van der Waals surface area (Å²) >= 11 is 5.30. The van der Waals surface area contributed by atoms with E-state index in [1.165, 1.54) is 50.1 Å². The first-order valence-electron chi connectivity index (χ1n) is 14.7. The fraction of sp³-hybridized carbons (Fsp3) is 0.412. The van der Waals surface area contributed by atoms with Crippen LogP contribution in [0, 0.1) is 13.8 Å². The summed E-state index contributed by atoms with van der Waals surface area (Å²) in [5.41, 5.74) is 19.6. The molecular weight excluding hydrogens is 845 g/mol. The van der Waals surface area contributed by atoms with Crippen LogP contribution < -0.4 is 13.3 Å². The molecule has 2 N–H and O–H groups in total. The second kappa shape index (κ2) is 14.5. The van der Waals surface area contributed by atoms with Gasteiger partial charge in [0.2, 0.25) is 0 Å². The molecule has 220 valence electrons. The Bertz CT molecular complexity index is 1670. The normalized spacial score (nSPS) is 13.2. The topological polar surface area (TPSA) is 57.4 Å². The van der Waals surface area contributed by atoms with Crippen molar-refractivity contribution in [2.24, 2.45) is 0 Å². The van der Waals surface area contributed by atoms with E-state index >= 15 is 0 Å². The van der Waals surface area contributed by atoms with Crippen molar-refractivity contribution in [1.29, 1.82) is 0 Å². The van der Waals surface area contributed by atoms with Crippen molar-refractivity contribution in [3.63, 3.8) is 0 Å². The van der Waals surface area contributed by atoms with E-state index in [4.69, 9.17) is 9.97 Å². The summed E-state index contributed by atoms with van der Waals surface area (Å²) in [6.45, 7) is 17.9. The second-order valence-corrected chi connectivity index (χ2v) is 27.2. The number of nitrogens with one attached hydrogen (secondary N) is 2. The van der Waals surface area contributed by atoms with E-state index in [0.29, 0.717) is 13.3 Å². The van der Waals surface area contributed by atoms with E-state index in [-0.39, 0.29) is 0 Å². The van der Waals surface area contributed by atoms with Gasteiger partial charge in [0.1, 0.15) is 0 Å². The summed E-state index contributed by atoms with van der Waals surface area (Å²) in [6.07, 6.45) is 6.21. The van der Waals surface area contributed by atoms with Crippen LogP contribution in [-0.2, 0) is 12.8 Å². The Morgan fingerprint density at radius 1 is 0.585 bits per heavy atom. The average Bonchev–Trinajstić information content (AvgIpc) is 3.60. The molecule has 4 nitrogen and oxygen atoms in total. The van der Waals surface area contributed by atoms with Crippen LogP contribution in [-0.4, -0.2) is 19.9 Å². The number of halogens is 3. The first-order valence-corrected chi connectivity index (χ1v) is 27.3. The number of H-pyrrole nitrogens is 2. The van der Waals surface area contributed by atoms with Gasteiger partial charge in [-0.3, -0.25) is 0 Å². The van der Waals surface area contributed by atoms with Crippen molar-refractivity contribution in [3.05, 3.63) is 69.3 Å². The number of hydrogen-bond acceptors (Lipinski definition) is 2. The van der Waals surface area contributed by atoms with Crippen LogP contribution in [0.1, 0.15) is 112 Å². The number of aromatic amines is 2. The third-order valence-corrected chi connectivity index (χ3v) is 8.51. The minimum absolute atomic E-state index is 0.530. The number of rotatable bonds is 6. The molecule has 0 aromatic carbocycles.